The topological polar surface area (TPSA) is 136 Å². The molecule has 2 aromatic rings. The van der Waals surface area contributed by atoms with E-state index in [2.05, 4.69) is 0 Å². The van der Waals surface area contributed by atoms with E-state index in [0.717, 1.165) is 11.6 Å². The molecule has 0 saturated heterocycles. The molecule has 0 aliphatic rings. The van der Waals surface area contributed by atoms with Crippen LogP contribution in [0.1, 0.15) is 15.9 Å². The lowest BCUT2D eigenvalue weighted by Gasteiger charge is -2.17. The summed E-state index contributed by atoms with van der Waals surface area (Å²) in [5.74, 6) is -1.23. The molecule has 10 heteroatoms. The van der Waals surface area contributed by atoms with E-state index in [1.165, 1.54) is 24.3 Å². The third-order valence-corrected chi connectivity index (χ3v) is 4.06. The van der Waals surface area contributed by atoms with Crippen molar-refractivity contribution in [2.75, 3.05) is 26.7 Å². The lowest BCUT2D eigenvalue weighted by molar-refractivity contribution is -0.385. The van der Waals surface area contributed by atoms with Gasteiger partial charge in [-0.2, -0.15) is 0 Å². The van der Waals surface area contributed by atoms with Gasteiger partial charge in [0.15, 0.2) is 0 Å². The van der Waals surface area contributed by atoms with Gasteiger partial charge in [-0.3, -0.25) is 20.2 Å². The second-order valence-corrected chi connectivity index (χ2v) is 6.07. The van der Waals surface area contributed by atoms with Crippen LogP contribution in [0.4, 0.5) is 11.4 Å². The maximum atomic E-state index is 11.3. The molecule has 0 atom stereocenters. The zero-order chi connectivity index (χ0) is 20.7. The lowest BCUT2D eigenvalue weighted by Crippen LogP contribution is -2.26. The van der Waals surface area contributed by atoms with Crippen molar-refractivity contribution in [3.8, 4) is 5.75 Å². The first-order valence-corrected chi connectivity index (χ1v) is 8.34. The van der Waals surface area contributed by atoms with E-state index < -0.39 is 15.8 Å². The molecule has 2 rings (SSSR count). The van der Waals surface area contributed by atoms with Crippen molar-refractivity contribution in [3.05, 3.63) is 73.8 Å². The molecule has 0 bridgehead atoms. The Bertz CT molecular complexity index is 868. The Balaban J connectivity index is 1.84. The number of hydrogen-bond acceptors (Lipinski definition) is 7. The van der Waals surface area contributed by atoms with Crippen molar-refractivity contribution in [3.63, 3.8) is 0 Å². The molecule has 2 aromatic carbocycles. The van der Waals surface area contributed by atoms with Crippen LogP contribution in [0.2, 0.25) is 0 Å². The van der Waals surface area contributed by atoms with Gasteiger partial charge in [0.2, 0.25) is 0 Å². The van der Waals surface area contributed by atoms with Crippen LogP contribution in [0.25, 0.3) is 0 Å². The van der Waals surface area contributed by atoms with Gasteiger partial charge in [0.1, 0.15) is 17.9 Å². The van der Waals surface area contributed by atoms with Crippen LogP contribution in [-0.4, -0.2) is 52.6 Å². The highest BCUT2D eigenvalue weighted by Crippen LogP contribution is 2.24. The van der Waals surface area contributed by atoms with Gasteiger partial charge < -0.3 is 14.7 Å². The number of carbonyl (C=O) groups is 1. The Morgan fingerprint density at radius 2 is 1.64 bits per heavy atom. The van der Waals surface area contributed by atoms with Gasteiger partial charge >= 0.3 is 5.97 Å². The summed E-state index contributed by atoms with van der Waals surface area (Å²) in [4.78, 5) is 33.5. The molecular formula is C18H19N3O7. The van der Waals surface area contributed by atoms with Crippen LogP contribution in [0.3, 0.4) is 0 Å². The van der Waals surface area contributed by atoms with Crippen molar-refractivity contribution in [2.45, 2.75) is 6.42 Å². The van der Waals surface area contributed by atoms with Gasteiger partial charge in [0, 0.05) is 37.4 Å². The van der Waals surface area contributed by atoms with Crippen molar-refractivity contribution < 1.29 is 24.5 Å². The lowest BCUT2D eigenvalue weighted by atomic mass is 10.1. The molecule has 0 radical (unpaired) electrons. The molecule has 0 aliphatic heterocycles. The zero-order valence-corrected chi connectivity index (χ0v) is 15.1. The van der Waals surface area contributed by atoms with Crippen LogP contribution in [0.15, 0.2) is 42.5 Å². The minimum Gasteiger partial charge on any atom is -0.491 e. The number of carboxylic acid groups (broad SMARTS) is 1. The monoisotopic (exact) mass is 389 g/mol. The molecule has 0 heterocycles. The highest BCUT2D eigenvalue weighted by Gasteiger charge is 2.17. The first-order valence-electron chi connectivity index (χ1n) is 8.34. The second kappa shape index (κ2) is 9.42. The van der Waals surface area contributed by atoms with Gasteiger partial charge in [-0.25, -0.2) is 4.79 Å². The highest BCUT2D eigenvalue weighted by molar-refractivity contribution is 5.91. The molecule has 0 unspecified atom stereocenters. The average molecular weight is 389 g/mol. The summed E-state index contributed by atoms with van der Waals surface area (Å²) in [5, 5.41) is 30.6. The quantitative estimate of drug-likeness (QED) is 0.484. The van der Waals surface area contributed by atoms with E-state index in [-0.39, 0.29) is 29.3 Å². The van der Waals surface area contributed by atoms with Crippen LogP contribution < -0.4 is 4.74 Å². The molecule has 28 heavy (non-hydrogen) atoms. The number of rotatable bonds is 10. The third kappa shape index (κ3) is 5.74. The fourth-order valence-electron chi connectivity index (χ4n) is 2.45. The SMILES string of the molecule is CN(CCOc1ccc([N+](=O)[O-])cc1C(=O)O)CCc1ccc([N+](=O)[O-])cc1. The standard InChI is InChI=1S/C18H19N3O7/c1-19(9-8-13-2-4-14(5-3-13)20(24)25)10-11-28-17-7-6-15(21(26)27)12-16(17)18(22)23/h2-7,12H,8-11H2,1H3,(H,22,23). The van der Waals surface area contributed by atoms with E-state index in [1.807, 2.05) is 11.9 Å². The molecule has 10 nitrogen and oxygen atoms in total. The molecule has 0 spiro atoms. The number of hydrogen-bond donors (Lipinski definition) is 1. The molecule has 148 valence electrons. The summed E-state index contributed by atoms with van der Waals surface area (Å²) in [6.07, 6.45) is 0.687. The number of carboxylic acids is 1. The van der Waals surface area contributed by atoms with Crippen LogP contribution >= 0.6 is 0 Å². The Kier molecular flexibility index (Phi) is 6.99. The minimum atomic E-state index is -1.30. The maximum Gasteiger partial charge on any atom is 0.339 e. The number of nitro groups is 2. The number of nitro benzene ring substituents is 2. The van der Waals surface area contributed by atoms with Crippen LogP contribution in [-0.2, 0) is 6.42 Å². The predicted octanol–water partition coefficient (Wildman–Crippen LogP) is 2.75. The summed E-state index contributed by atoms with van der Waals surface area (Å²) < 4.78 is 5.48. The predicted molar refractivity (Wildman–Crippen MR) is 99.8 cm³/mol. The van der Waals surface area contributed by atoms with E-state index in [9.17, 15) is 30.1 Å². The summed E-state index contributed by atoms with van der Waals surface area (Å²) in [7, 11) is 1.86. The summed E-state index contributed by atoms with van der Waals surface area (Å²) >= 11 is 0. The normalized spacial score (nSPS) is 10.6. The van der Waals surface area contributed by atoms with Gasteiger partial charge in [-0.1, -0.05) is 12.1 Å². The van der Waals surface area contributed by atoms with Crippen molar-refractivity contribution in [1.82, 2.24) is 4.90 Å². The zero-order valence-electron chi connectivity index (χ0n) is 15.1. The molecule has 0 fully saturated rings. The number of aromatic carboxylic acids is 1. The molecule has 0 aromatic heterocycles. The average Bonchev–Trinajstić information content (AvgIpc) is 2.66. The maximum absolute atomic E-state index is 11.3. The Hall–Kier alpha value is -3.53. The highest BCUT2D eigenvalue weighted by atomic mass is 16.6. The van der Waals surface area contributed by atoms with Crippen molar-refractivity contribution in [2.24, 2.45) is 0 Å². The molecule has 0 amide bonds. The van der Waals surface area contributed by atoms with Crippen LogP contribution in [0.5, 0.6) is 5.75 Å². The molecular weight excluding hydrogens is 370 g/mol. The fraction of sp³-hybridized carbons (Fsp3) is 0.278. The number of likely N-dealkylation sites (N-methyl/N-ethyl adjacent to an activating group) is 1. The molecule has 0 saturated carbocycles. The number of nitrogens with zero attached hydrogens (tertiary/aromatic N) is 3. The number of benzene rings is 2. The van der Waals surface area contributed by atoms with E-state index in [1.54, 1.807) is 12.1 Å². The summed E-state index contributed by atoms with van der Waals surface area (Å²) in [5.41, 5.74) is 0.428. The van der Waals surface area contributed by atoms with E-state index in [0.29, 0.717) is 19.5 Å². The second-order valence-electron chi connectivity index (χ2n) is 6.07. The van der Waals surface area contributed by atoms with Gasteiger partial charge in [-0.05, 0) is 25.1 Å². The largest absolute Gasteiger partial charge is 0.491 e. The van der Waals surface area contributed by atoms with Crippen molar-refractivity contribution >= 4 is 17.3 Å². The smallest absolute Gasteiger partial charge is 0.339 e. The Morgan fingerprint density at radius 1 is 1.04 bits per heavy atom. The first kappa shape index (κ1) is 20.8. The molecule has 0 aliphatic carbocycles. The van der Waals surface area contributed by atoms with Gasteiger partial charge in [0.05, 0.1) is 9.85 Å². The van der Waals surface area contributed by atoms with Crippen LogP contribution in [0, 0.1) is 20.2 Å². The summed E-state index contributed by atoms with van der Waals surface area (Å²) in [6.45, 7) is 1.38. The fourth-order valence-corrected chi connectivity index (χ4v) is 2.45. The third-order valence-electron chi connectivity index (χ3n) is 4.06. The Labute approximate surface area is 160 Å². The number of ether oxygens (including phenoxy) is 1. The first-order chi connectivity index (χ1) is 13.3. The molecule has 1 N–H and O–H groups in total. The van der Waals surface area contributed by atoms with E-state index in [4.69, 9.17) is 4.74 Å². The number of non-ortho nitro benzene ring substituents is 2. The van der Waals surface area contributed by atoms with Gasteiger partial charge in [0.25, 0.3) is 11.4 Å². The van der Waals surface area contributed by atoms with Gasteiger partial charge in [-0.15, -0.1) is 0 Å². The van der Waals surface area contributed by atoms with E-state index >= 15 is 0 Å². The summed E-state index contributed by atoms with van der Waals surface area (Å²) in [6, 6.07) is 9.77. The van der Waals surface area contributed by atoms with Crippen molar-refractivity contribution in [1.29, 1.82) is 0 Å². The minimum absolute atomic E-state index is 0.0443. The Morgan fingerprint density at radius 3 is 2.21 bits per heavy atom.